The van der Waals surface area contributed by atoms with Crippen molar-refractivity contribution >= 4 is 34.2 Å². The van der Waals surface area contributed by atoms with E-state index in [1.165, 1.54) is 4.90 Å². The van der Waals surface area contributed by atoms with Gasteiger partial charge in [-0.2, -0.15) is 0 Å². The van der Waals surface area contributed by atoms with E-state index in [2.05, 4.69) is 0 Å². The summed E-state index contributed by atoms with van der Waals surface area (Å²) in [6, 6.07) is 12.1. The predicted octanol–water partition coefficient (Wildman–Crippen LogP) is 2.99. The fraction of sp³-hybridized carbons (Fsp3) is 0.433. The SMILES string of the molecule is CC[C@@H](CO)N1C(=O)[C@@H]2[C@H]3C(=O)OCCC=C[C@@]3(C)O[C@@]23C=CCN(c2ccc4ccccc4c2)C(=O)C13. The zero-order chi connectivity index (χ0) is 26.7. The van der Waals surface area contributed by atoms with E-state index < -0.39 is 41.1 Å². The van der Waals surface area contributed by atoms with Crippen LogP contribution in [0.25, 0.3) is 10.8 Å². The predicted molar refractivity (Wildman–Crippen MR) is 141 cm³/mol. The normalized spacial score (nSPS) is 33.3. The Morgan fingerprint density at radius 3 is 2.58 bits per heavy atom. The summed E-state index contributed by atoms with van der Waals surface area (Å²) in [7, 11) is 0. The number of ether oxygens (including phenoxy) is 2. The Morgan fingerprint density at radius 2 is 1.82 bits per heavy atom. The average Bonchev–Trinajstić information content (AvgIpc) is 3.23. The molecule has 6 atom stereocenters. The molecule has 0 saturated carbocycles. The van der Waals surface area contributed by atoms with Crippen molar-refractivity contribution in [2.75, 3.05) is 24.7 Å². The third kappa shape index (κ3) is 3.47. The number of benzene rings is 2. The van der Waals surface area contributed by atoms with Crippen LogP contribution in [0.2, 0.25) is 0 Å². The number of amides is 2. The topological polar surface area (TPSA) is 96.4 Å². The van der Waals surface area contributed by atoms with E-state index in [4.69, 9.17) is 9.47 Å². The number of esters is 1. The Kier molecular flexibility index (Phi) is 5.92. The largest absolute Gasteiger partial charge is 0.465 e. The number of hydrogen-bond acceptors (Lipinski definition) is 6. The molecule has 0 radical (unpaired) electrons. The van der Waals surface area contributed by atoms with Gasteiger partial charge in [0.1, 0.15) is 17.6 Å². The van der Waals surface area contributed by atoms with Crippen LogP contribution in [-0.2, 0) is 23.9 Å². The van der Waals surface area contributed by atoms with Gasteiger partial charge in [-0.3, -0.25) is 14.4 Å². The maximum absolute atomic E-state index is 14.5. The number of rotatable bonds is 4. The summed E-state index contributed by atoms with van der Waals surface area (Å²) in [5, 5.41) is 12.3. The van der Waals surface area contributed by atoms with Crippen molar-refractivity contribution in [3.05, 3.63) is 66.8 Å². The smallest absolute Gasteiger partial charge is 0.313 e. The van der Waals surface area contributed by atoms with Gasteiger partial charge in [0.05, 0.1) is 30.8 Å². The van der Waals surface area contributed by atoms with Gasteiger partial charge >= 0.3 is 5.97 Å². The molecule has 8 heteroatoms. The first-order valence-corrected chi connectivity index (χ1v) is 13.3. The summed E-state index contributed by atoms with van der Waals surface area (Å²) in [6.45, 7) is 3.86. The quantitative estimate of drug-likeness (QED) is 0.496. The van der Waals surface area contributed by atoms with E-state index in [9.17, 15) is 19.5 Å². The number of hydrogen-bond donors (Lipinski definition) is 1. The highest BCUT2D eigenvalue weighted by molar-refractivity contribution is 6.06. The molecule has 0 aromatic heterocycles. The first-order chi connectivity index (χ1) is 18.3. The summed E-state index contributed by atoms with van der Waals surface area (Å²) in [4.78, 5) is 45.2. The maximum Gasteiger partial charge on any atom is 0.313 e. The zero-order valence-corrected chi connectivity index (χ0v) is 21.6. The standard InChI is InChI=1S/C30H32N2O6/c1-3-21(18-33)32-25-27(35)31(22-12-11-19-9-4-5-10-20(19)17-22)15-8-14-30(25)23(26(32)34)24-28(36)37-16-7-6-13-29(24,2)38-30/h4-6,8-14,17,21,23-25,33H,3,7,15-16,18H2,1-2H3/t21-,23-,24-,25?,29+,30-/m0/s1. The number of carbonyl (C=O) groups is 3. The number of carbonyl (C=O) groups excluding carboxylic acids is 3. The minimum Gasteiger partial charge on any atom is -0.465 e. The van der Waals surface area contributed by atoms with Crippen molar-refractivity contribution in [2.24, 2.45) is 11.8 Å². The molecule has 1 spiro atoms. The van der Waals surface area contributed by atoms with Crippen molar-refractivity contribution in [1.29, 1.82) is 0 Å². The van der Waals surface area contributed by atoms with Crippen LogP contribution in [0, 0.1) is 11.8 Å². The Labute approximate surface area is 221 Å². The van der Waals surface area contributed by atoms with Crippen molar-refractivity contribution in [1.82, 2.24) is 4.90 Å². The molecule has 2 fully saturated rings. The lowest BCUT2D eigenvalue weighted by Gasteiger charge is -2.40. The van der Waals surface area contributed by atoms with Crippen LogP contribution >= 0.6 is 0 Å². The molecule has 2 aromatic rings. The van der Waals surface area contributed by atoms with E-state index in [-0.39, 0.29) is 31.6 Å². The van der Waals surface area contributed by atoms with Gasteiger partial charge in [0.15, 0.2) is 0 Å². The molecule has 0 aliphatic carbocycles. The number of anilines is 1. The van der Waals surface area contributed by atoms with Crippen LogP contribution in [0.5, 0.6) is 0 Å². The molecule has 6 rings (SSSR count). The Morgan fingerprint density at radius 1 is 1.03 bits per heavy atom. The molecular formula is C30H32N2O6. The summed E-state index contributed by atoms with van der Waals surface area (Å²) in [5.41, 5.74) is -1.79. The Balaban J connectivity index is 1.50. The van der Waals surface area contributed by atoms with Crippen molar-refractivity contribution in [3.8, 4) is 0 Å². The van der Waals surface area contributed by atoms with Crippen LogP contribution < -0.4 is 4.90 Å². The molecular weight excluding hydrogens is 484 g/mol. The molecule has 38 heavy (non-hydrogen) atoms. The van der Waals surface area contributed by atoms with Gasteiger partial charge in [0.2, 0.25) is 5.91 Å². The highest BCUT2D eigenvalue weighted by atomic mass is 16.6. The third-order valence-electron chi connectivity index (χ3n) is 8.58. The van der Waals surface area contributed by atoms with Crippen molar-refractivity contribution in [2.45, 2.75) is 50.0 Å². The number of fused-ring (bicyclic) bond motifs is 3. The van der Waals surface area contributed by atoms with Gasteiger partial charge in [-0.1, -0.05) is 61.6 Å². The minimum atomic E-state index is -1.38. The van der Waals surface area contributed by atoms with Crippen LogP contribution in [-0.4, -0.2) is 70.8 Å². The van der Waals surface area contributed by atoms with Crippen LogP contribution in [0.1, 0.15) is 26.7 Å². The minimum absolute atomic E-state index is 0.224. The lowest BCUT2D eigenvalue weighted by Crippen LogP contribution is -2.58. The number of nitrogens with zero attached hydrogens (tertiary/aromatic N) is 2. The molecule has 2 saturated heterocycles. The molecule has 1 N–H and O–H groups in total. The van der Waals surface area contributed by atoms with E-state index in [1.54, 1.807) is 17.9 Å². The molecule has 4 aliphatic rings. The number of aliphatic hydroxyl groups excluding tert-OH is 1. The lowest BCUT2D eigenvalue weighted by atomic mass is 9.74. The second-order valence-corrected chi connectivity index (χ2v) is 10.7. The molecule has 0 bridgehead atoms. The third-order valence-corrected chi connectivity index (χ3v) is 8.58. The fourth-order valence-electron chi connectivity index (χ4n) is 6.81. The van der Waals surface area contributed by atoms with E-state index >= 15 is 0 Å². The molecule has 4 aliphatic heterocycles. The van der Waals surface area contributed by atoms with Gasteiger partial charge in [0.25, 0.3) is 5.91 Å². The second kappa shape index (κ2) is 9.06. The molecule has 8 nitrogen and oxygen atoms in total. The molecule has 198 valence electrons. The first kappa shape index (κ1) is 24.8. The van der Waals surface area contributed by atoms with Crippen LogP contribution in [0.3, 0.4) is 0 Å². The number of cyclic esters (lactones) is 1. The number of likely N-dealkylation sites (tertiary alicyclic amines) is 1. The highest BCUT2D eigenvalue weighted by Gasteiger charge is 2.75. The fourth-order valence-corrected chi connectivity index (χ4v) is 6.81. The summed E-state index contributed by atoms with van der Waals surface area (Å²) >= 11 is 0. The molecule has 2 amide bonds. The molecule has 1 unspecified atom stereocenters. The summed E-state index contributed by atoms with van der Waals surface area (Å²) in [5.74, 6) is -3.04. The van der Waals surface area contributed by atoms with Gasteiger partial charge < -0.3 is 24.4 Å². The Bertz CT molecular complexity index is 1370. The summed E-state index contributed by atoms with van der Waals surface area (Å²) < 4.78 is 12.3. The molecule has 4 heterocycles. The highest BCUT2D eigenvalue weighted by Crippen LogP contribution is 2.57. The average molecular weight is 517 g/mol. The Hall–Kier alpha value is -3.49. The number of aliphatic hydroxyl groups is 1. The second-order valence-electron chi connectivity index (χ2n) is 10.7. The lowest BCUT2D eigenvalue weighted by molar-refractivity contribution is -0.160. The molecule has 2 aromatic carbocycles. The van der Waals surface area contributed by atoms with Gasteiger partial charge in [0, 0.05) is 12.2 Å². The van der Waals surface area contributed by atoms with Gasteiger partial charge in [-0.25, -0.2) is 0 Å². The zero-order valence-electron chi connectivity index (χ0n) is 21.6. The first-order valence-electron chi connectivity index (χ1n) is 13.3. The monoisotopic (exact) mass is 516 g/mol. The van der Waals surface area contributed by atoms with E-state index in [1.807, 2.05) is 67.6 Å². The maximum atomic E-state index is 14.5. The van der Waals surface area contributed by atoms with E-state index in [0.717, 1.165) is 10.8 Å². The van der Waals surface area contributed by atoms with Gasteiger partial charge in [-0.15, -0.1) is 0 Å². The van der Waals surface area contributed by atoms with E-state index in [0.29, 0.717) is 18.5 Å². The van der Waals surface area contributed by atoms with Crippen LogP contribution in [0.15, 0.2) is 66.8 Å². The summed E-state index contributed by atoms with van der Waals surface area (Å²) in [6.07, 6.45) is 8.40. The van der Waals surface area contributed by atoms with Crippen molar-refractivity contribution < 1.29 is 29.0 Å². The van der Waals surface area contributed by atoms with Crippen molar-refractivity contribution in [3.63, 3.8) is 0 Å². The van der Waals surface area contributed by atoms with Crippen LogP contribution in [0.4, 0.5) is 5.69 Å². The van der Waals surface area contributed by atoms with Gasteiger partial charge in [-0.05, 0) is 42.7 Å².